The van der Waals surface area contributed by atoms with Gasteiger partial charge in [-0.2, -0.15) is 0 Å². The normalized spacial score (nSPS) is 27.9. The lowest BCUT2D eigenvalue weighted by molar-refractivity contribution is -0.0131. The number of aryl methyl sites for hydroxylation is 1. The number of aliphatic hydroxyl groups is 1. The molecule has 1 aromatic heterocycles. The molecule has 0 bridgehead atoms. The Morgan fingerprint density at radius 1 is 1.43 bits per heavy atom. The van der Waals surface area contributed by atoms with E-state index in [1.807, 2.05) is 31.2 Å². The predicted molar refractivity (Wildman–Crippen MR) is 85.0 cm³/mol. The number of hydrogen-bond donors (Lipinski definition) is 2. The van der Waals surface area contributed by atoms with Crippen molar-refractivity contribution in [3.05, 3.63) is 35.6 Å². The van der Waals surface area contributed by atoms with Crippen molar-refractivity contribution in [2.24, 2.45) is 17.1 Å². The lowest BCUT2D eigenvalue weighted by Crippen LogP contribution is -2.40. The molecule has 21 heavy (non-hydrogen) atoms. The standard InChI is InChI=1S/C18H25NO2/c1-12-6-5-9-18(10-12,11-19)17(20)16-13(2)21-15-8-4-3-7-14(15)16/h3-4,7-8,12,17,20H,5-6,9-11,19H2,1-2H3. The second-order valence-corrected chi connectivity index (χ2v) is 6.74. The molecule has 1 saturated carbocycles. The van der Waals surface area contributed by atoms with E-state index in [4.69, 9.17) is 10.2 Å². The molecule has 3 heteroatoms. The molecule has 0 spiro atoms. The van der Waals surface area contributed by atoms with Gasteiger partial charge in [-0.05, 0) is 31.7 Å². The third-order valence-electron chi connectivity index (χ3n) is 5.21. The first kappa shape index (κ1) is 14.6. The summed E-state index contributed by atoms with van der Waals surface area (Å²) >= 11 is 0. The highest BCUT2D eigenvalue weighted by molar-refractivity contribution is 5.82. The van der Waals surface area contributed by atoms with E-state index in [9.17, 15) is 5.11 Å². The van der Waals surface area contributed by atoms with Crippen LogP contribution in [0.25, 0.3) is 11.0 Å². The lowest BCUT2D eigenvalue weighted by Gasteiger charge is -2.42. The summed E-state index contributed by atoms with van der Waals surface area (Å²) in [6, 6.07) is 7.94. The van der Waals surface area contributed by atoms with Crippen LogP contribution in [0.3, 0.4) is 0 Å². The summed E-state index contributed by atoms with van der Waals surface area (Å²) in [5.74, 6) is 1.44. The van der Waals surface area contributed by atoms with E-state index in [1.165, 1.54) is 6.42 Å². The van der Waals surface area contributed by atoms with Gasteiger partial charge in [0.05, 0.1) is 6.10 Å². The van der Waals surface area contributed by atoms with Gasteiger partial charge in [0, 0.05) is 22.9 Å². The Bertz CT molecular complexity index is 633. The van der Waals surface area contributed by atoms with E-state index in [2.05, 4.69) is 6.92 Å². The number of hydrogen-bond acceptors (Lipinski definition) is 3. The zero-order valence-electron chi connectivity index (χ0n) is 12.9. The Morgan fingerprint density at radius 3 is 2.90 bits per heavy atom. The van der Waals surface area contributed by atoms with Crippen molar-refractivity contribution < 1.29 is 9.52 Å². The fourth-order valence-corrected chi connectivity index (χ4v) is 4.08. The summed E-state index contributed by atoms with van der Waals surface area (Å²) in [5, 5.41) is 12.2. The van der Waals surface area contributed by atoms with Gasteiger partial charge >= 0.3 is 0 Å². The molecule has 1 aliphatic carbocycles. The largest absolute Gasteiger partial charge is 0.461 e. The van der Waals surface area contributed by atoms with Crippen molar-refractivity contribution in [2.45, 2.75) is 45.6 Å². The number of furan rings is 1. The van der Waals surface area contributed by atoms with Crippen LogP contribution in [0.4, 0.5) is 0 Å². The first-order chi connectivity index (χ1) is 10.1. The maximum Gasteiger partial charge on any atom is 0.134 e. The Kier molecular flexibility index (Phi) is 3.80. The van der Waals surface area contributed by atoms with Gasteiger partial charge in [-0.15, -0.1) is 0 Å². The topological polar surface area (TPSA) is 59.4 Å². The number of aliphatic hydroxyl groups excluding tert-OH is 1. The number of para-hydroxylation sites is 1. The van der Waals surface area contributed by atoms with E-state index < -0.39 is 6.10 Å². The van der Waals surface area contributed by atoms with Crippen LogP contribution < -0.4 is 5.73 Å². The summed E-state index contributed by atoms with van der Waals surface area (Å²) < 4.78 is 5.83. The Hall–Kier alpha value is -1.32. The first-order valence-corrected chi connectivity index (χ1v) is 7.93. The number of nitrogens with two attached hydrogens (primary N) is 1. The third-order valence-corrected chi connectivity index (χ3v) is 5.21. The second kappa shape index (κ2) is 5.47. The minimum Gasteiger partial charge on any atom is -0.461 e. The molecule has 3 atom stereocenters. The van der Waals surface area contributed by atoms with E-state index in [0.717, 1.165) is 41.6 Å². The molecule has 0 radical (unpaired) electrons. The van der Waals surface area contributed by atoms with E-state index in [1.54, 1.807) is 0 Å². The molecule has 3 nitrogen and oxygen atoms in total. The SMILES string of the molecule is Cc1oc2ccccc2c1C(O)C1(CN)CCCC(C)C1. The van der Waals surface area contributed by atoms with Gasteiger partial charge in [0.2, 0.25) is 0 Å². The minimum atomic E-state index is -0.547. The summed E-state index contributed by atoms with van der Waals surface area (Å²) in [6.07, 6.45) is 3.82. The summed E-state index contributed by atoms with van der Waals surface area (Å²) in [7, 11) is 0. The molecule has 1 aliphatic rings. The molecule has 0 aliphatic heterocycles. The highest BCUT2D eigenvalue weighted by atomic mass is 16.3. The van der Waals surface area contributed by atoms with Gasteiger partial charge in [-0.25, -0.2) is 0 Å². The molecular formula is C18H25NO2. The highest BCUT2D eigenvalue weighted by Gasteiger charge is 2.42. The molecule has 0 amide bonds. The van der Waals surface area contributed by atoms with Crippen LogP contribution in [-0.2, 0) is 0 Å². The van der Waals surface area contributed by atoms with Crippen molar-refractivity contribution in [1.29, 1.82) is 0 Å². The maximum absolute atomic E-state index is 11.1. The Labute approximate surface area is 126 Å². The molecule has 3 unspecified atom stereocenters. The Balaban J connectivity index is 2.06. The van der Waals surface area contributed by atoms with Gasteiger partial charge in [0.25, 0.3) is 0 Å². The third kappa shape index (κ3) is 2.39. The number of rotatable bonds is 3. The van der Waals surface area contributed by atoms with Crippen LogP contribution in [0.15, 0.2) is 28.7 Å². The number of fused-ring (bicyclic) bond motifs is 1. The lowest BCUT2D eigenvalue weighted by atomic mass is 9.65. The van der Waals surface area contributed by atoms with Crippen molar-refractivity contribution in [1.82, 2.24) is 0 Å². The minimum absolute atomic E-state index is 0.213. The predicted octanol–water partition coefficient (Wildman–Crippen LogP) is 3.93. The van der Waals surface area contributed by atoms with E-state index in [-0.39, 0.29) is 5.41 Å². The molecular weight excluding hydrogens is 262 g/mol. The van der Waals surface area contributed by atoms with Crippen molar-refractivity contribution >= 4 is 11.0 Å². The van der Waals surface area contributed by atoms with Gasteiger partial charge in [0.1, 0.15) is 11.3 Å². The van der Waals surface area contributed by atoms with Gasteiger partial charge in [-0.1, -0.05) is 38.0 Å². The molecule has 114 valence electrons. The monoisotopic (exact) mass is 287 g/mol. The van der Waals surface area contributed by atoms with Crippen LogP contribution in [0.2, 0.25) is 0 Å². The zero-order chi connectivity index (χ0) is 15.0. The summed E-state index contributed by atoms with van der Waals surface area (Å²) in [4.78, 5) is 0. The molecule has 1 aromatic carbocycles. The first-order valence-electron chi connectivity index (χ1n) is 7.93. The molecule has 1 heterocycles. The van der Waals surface area contributed by atoms with Gasteiger partial charge < -0.3 is 15.3 Å². The summed E-state index contributed by atoms with van der Waals surface area (Å²) in [6.45, 7) is 4.73. The van der Waals surface area contributed by atoms with Crippen LogP contribution >= 0.6 is 0 Å². The van der Waals surface area contributed by atoms with Crippen LogP contribution in [0.5, 0.6) is 0 Å². The van der Waals surface area contributed by atoms with Gasteiger partial charge in [-0.3, -0.25) is 0 Å². The Morgan fingerprint density at radius 2 is 2.19 bits per heavy atom. The van der Waals surface area contributed by atoms with Crippen molar-refractivity contribution in [2.75, 3.05) is 6.54 Å². The fourth-order valence-electron chi connectivity index (χ4n) is 4.08. The molecule has 3 rings (SSSR count). The average Bonchev–Trinajstić information content (AvgIpc) is 2.82. The van der Waals surface area contributed by atoms with Crippen LogP contribution in [0, 0.1) is 18.3 Å². The zero-order valence-corrected chi connectivity index (χ0v) is 12.9. The molecule has 0 saturated heterocycles. The summed E-state index contributed by atoms with van der Waals surface area (Å²) in [5.41, 5.74) is 7.68. The van der Waals surface area contributed by atoms with E-state index in [0.29, 0.717) is 12.5 Å². The maximum atomic E-state index is 11.1. The molecule has 2 aromatic rings. The molecule has 1 fully saturated rings. The fraction of sp³-hybridized carbons (Fsp3) is 0.556. The van der Waals surface area contributed by atoms with Crippen LogP contribution in [0.1, 0.15) is 50.0 Å². The molecule has 3 N–H and O–H groups in total. The highest BCUT2D eigenvalue weighted by Crippen LogP contribution is 2.49. The van der Waals surface area contributed by atoms with Crippen molar-refractivity contribution in [3.63, 3.8) is 0 Å². The average molecular weight is 287 g/mol. The van der Waals surface area contributed by atoms with Gasteiger partial charge in [0.15, 0.2) is 0 Å². The number of benzene rings is 1. The second-order valence-electron chi connectivity index (χ2n) is 6.74. The van der Waals surface area contributed by atoms with Crippen LogP contribution in [-0.4, -0.2) is 11.7 Å². The van der Waals surface area contributed by atoms with E-state index >= 15 is 0 Å². The smallest absolute Gasteiger partial charge is 0.134 e. The quantitative estimate of drug-likeness (QED) is 0.899. The van der Waals surface area contributed by atoms with Crippen molar-refractivity contribution in [3.8, 4) is 0 Å².